The third-order valence-electron chi connectivity index (χ3n) is 4.69. The fraction of sp³-hybridized carbons (Fsp3) is 0.136. The molecule has 0 aliphatic carbocycles. The second-order valence-corrected chi connectivity index (χ2v) is 6.78. The van der Waals surface area contributed by atoms with E-state index in [2.05, 4.69) is 0 Å². The number of halogens is 10. The maximum Gasteiger partial charge on any atom is 0.417 e. The largest absolute Gasteiger partial charge is 0.417 e. The van der Waals surface area contributed by atoms with Crippen molar-refractivity contribution in [3.8, 4) is 30.3 Å². The van der Waals surface area contributed by atoms with Crippen molar-refractivity contribution in [1.29, 1.82) is 26.3 Å². The Kier molecular flexibility index (Phi) is 7.25. The minimum atomic E-state index is -5.67. The number of benzene rings is 2. The van der Waals surface area contributed by atoms with Crippen molar-refractivity contribution < 1.29 is 43.9 Å². The molecule has 0 fully saturated rings. The Bertz CT molecular complexity index is 1590. The summed E-state index contributed by atoms with van der Waals surface area (Å²) < 4.78 is 138. The highest BCUT2D eigenvalue weighted by molar-refractivity contribution is 5.80. The van der Waals surface area contributed by atoms with Crippen molar-refractivity contribution in [3.05, 3.63) is 67.8 Å². The van der Waals surface area contributed by atoms with Crippen LogP contribution in [-0.2, 0) is 18.5 Å². The molecule has 2 aromatic carbocycles. The third kappa shape index (κ3) is 5.15. The van der Waals surface area contributed by atoms with Crippen LogP contribution in [0, 0.1) is 62.5 Å². The number of hydrogen-bond acceptors (Lipinski definition) is 5. The van der Waals surface area contributed by atoms with Gasteiger partial charge >= 0.3 is 18.5 Å². The molecule has 0 saturated heterocycles. The summed E-state index contributed by atoms with van der Waals surface area (Å²) in [6.07, 6.45) is -17.0. The topological polar surface area (TPSA) is 119 Å². The quantitative estimate of drug-likeness (QED) is 0.505. The average molecular weight is 527 g/mol. The highest BCUT2D eigenvalue weighted by Gasteiger charge is 2.42. The lowest BCUT2D eigenvalue weighted by molar-refractivity contribution is -0.143. The molecule has 0 unspecified atom stereocenters. The summed E-state index contributed by atoms with van der Waals surface area (Å²) >= 11 is 0. The van der Waals surface area contributed by atoms with Crippen molar-refractivity contribution in [3.63, 3.8) is 0 Å². The van der Waals surface area contributed by atoms with E-state index < -0.39 is 79.3 Å². The van der Waals surface area contributed by atoms with Gasteiger partial charge in [0.05, 0.1) is 33.4 Å². The summed E-state index contributed by atoms with van der Waals surface area (Å²) in [5.74, 6) is -2.24. The van der Waals surface area contributed by atoms with E-state index in [1.165, 1.54) is 0 Å². The van der Waals surface area contributed by atoms with Gasteiger partial charge in [0.2, 0.25) is 0 Å². The van der Waals surface area contributed by atoms with E-state index >= 15 is 4.39 Å². The normalized spacial score (nSPS) is 12.4. The van der Waals surface area contributed by atoms with Crippen LogP contribution in [0.2, 0.25) is 0 Å². The van der Waals surface area contributed by atoms with E-state index in [0.717, 1.165) is 24.3 Å². The molecule has 0 aromatic heterocycles. The zero-order valence-electron chi connectivity index (χ0n) is 17.2. The molecule has 0 spiro atoms. The van der Waals surface area contributed by atoms with Crippen LogP contribution >= 0.6 is 0 Å². The second kappa shape index (κ2) is 9.53. The summed E-state index contributed by atoms with van der Waals surface area (Å²) in [4.78, 5) is 0. The van der Waals surface area contributed by atoms with Crippen molar-refractivity contribution in [1.82, 2.24) is 0 Å². The number of alkyl halides is 9. The molecule has 0 saturated carbocycles. The molecule has 186 valence electrons. The van der Waals surface area contributed by atoms with E-state index in [0.29, 0.717) is 6.07 Å². The molecule has 0 amide bonds. The Labute approximate surface area is 198 Å². The molecule has 0 heterocycles. The maximum absolute atomic E-state index is 15.3. The SMILES string of the molecule is N#CC(C#N)=c1cc(C(F)(F)F)/c(=C(/C#N)c2cc(C(F)(F)F)c(C#N)c(C(F)(F)F)c2)c(F)c1C#N. The molecule has 15 heteroatoms. The van der Waals surface area contributed by atoms with Crippen molar-refractivity contribution in [2.24, 2.45) is 0 Å². The molecule has 0 radical (unpaired) electrons. The van der Waals surface area contributed by atoms with Gasteiger partial charge in [-0.05, 0) is 23.8 Å². The van der Waals surface area contributed by atoms with Crippen molar-refractivity contribution in [2.75, 3.05) is 0 Å². The first kappa shape index (κ1) is 28.2. The molecular weight excluding hydrogens is 524 g/mol. The molecular formula is C22H3F10N5. The van der Waals surface area contributed by atoms with Gasteiger partial charge in [0.1, 0.15) is 35.9 Å². The first-order valence-electron chi connectivity index (χ1n) is 8.99. The minimum Gasteiger partial charge on any atom is -0.205 e. The summed E-state index contributed by atoms with van der Waals surface area (Å²) in [6.45, 7) is 0. The number of hydrogen-bond donors (Lipinski definition) is 0. The molecule has 5 nitrogen and oxygen atoms in total. The lowest BCUT2D eigenvalue weighted by Gasteiger charge is -2.17. The summed E-state index contributed by atoms with van der Waals surface area (Å²) in [6, 6.07) is 4.35. The van der Waals surface area contributed by atoms with Gasteiger partial charge in [0, 0.05) is 10.4 Å². The molecule has 0 bridgehead atoms. The standard InChI is InChI=1S/C22H3F10N5/c23-19-13(7-36)11(10(4-33)5-34)3-17(22(30,31)32)18(19)12(6-35)9-1-15(20(24,25)26)14(8-37)16(2-9)21(27,28)29/h1-3H/b18-12+. The first-order chi connectivity index (χ1) is 17.0. The monoisotopic (exact) mass is 527 g/mol. The summed E-state index contributed by atoms with van der Waals surface area (Å²) in [7, 11) is 0. The highest BCUT2D eigenvalue weighted by atomic mass is 19.4. The summed E-state index contributed by atoms with van der Waals surface area (Å²) in [5.41, 5.74) is -14.5. The lowest BCUT2D eigenvalue weighted by atomic mass is 9.91. The Morgan fingerprint density at radius 1 is 0.595 bits per heavy atom. The van der Waals surface area contributed by atoms with Gasteiger partial charge < -0.3 is 0 Å². The molecule has 0 N–H and O–H groups in total. The predicted octanol–water partition coefficient (Wildman–Crippen LogP) is 4.55. The van der Waals surface area contributed by atoms with Crippen LogP contribution < -0.4 is 10.4 Å². The summed E-state index contributed by atoms with van der Waals surface area (Å²) in [5, 5.41) is 42.4. The van der Waals surface area contributed by atoms with Crippen LogP contribution in [0.1, 0.15) is 33.4 Å². The number of rotatable bonds is 1. The van der Waals surface area contributed by atoms with Gasteiger partial charge in [-0.15, -0.1) is 0 Å². The average Bonchev–Trinajstić information content (AvgIpc) is 2.79. The van der Waals surface area contributed by atoms with Crippen molar-refractivity contribution in [2.45, 2.75) is 18.5 Å². The lowest BCUT2D eigenvalue weighted by Crippen LogP contribution is -2.32. The van der Waals surface area contributed by atoms with Crippen LogP contribution in [0.15, 0.2) is 18.2 Å². The minimum absolute atomic E-state index is 0.102. The Morgan fingerprint density at radius 3 is 1.35 bits per heavy atom. The van der Waals surface area contributed by atoms with E-state index in [4.69, 9.17) is 15.8 Å². The van der Waals surface area contributed by atoms with Gasteiger partial charge in [0.15, 0.2) is 5.82 Å². The Balaban J connectivity index is 3.44. The van der Waals surface area contributed by atoms with E-state index in [1.807, 2.05) is 0 Å². The van der Waals surface area contributed by atoms with Crippen LogP contribution in [0.3, 0.4) is 0 Å². The molecule has 2 aromatic rings. The molecule has 37 heavy (non-hydrogen) atoms. The van der Waals surface area contributed by atoms with Gasteiger partial charge in [-0.2, -0.15) is 65.8 Å². The molecule has 2 rings (SSSR count). The number of nitrogens with zero attached hydrogens (tertiary/aromatic N) is 5. The fourth-order valence-corrected chi connectivity index (χ4v) is 3.19. The van der Waals surface area contributed by atoms with Crippen molar-refractivity contribution >= 4 is 11.1 Å². The maximum atomic E-state index is 15.3. The van der Waals surface area contributed by atoms with Gasteiger partial charge in [-0.1, -0.05) is 0 Å². The highest BCUT2D eigenvalue weighted by Crippen LogP contribution is 2.41. The predicted molar refractivity (Wildman–Crippen MR) is 99.3 cm³/mol. The van der Waals surface area contributed by atoms with Crippen LogP contribution in [0.4, 0.5) is 43.9 Å². The third-order valence-corrected chi connectivity index (χ3v) is 4.69. The van der Waals surface area contributed by atoms with Gasteiger partial charge in [0.25, 0.3) is 0 Å². The fourth-order valence-electron chi connectivity index (χ4n) is 3.19. The van der Waals surface area contributed by atoms with E-state index in [1.54, 1.807) is 0 Å². The molecule has 0 aliphatic rings. The van der Waals surface area contributed by atoms with E-state index in [9.17, 15) is 50.0 Å². The zero-order chi connectivity index (χ0) is 28.5. The Morgan fingerprint density at radius 2 is 1.03 bits per heavy atom. The van der Waals surface area contributed by atoms with E-state index in [-0.39, 0.29) is 18.2 Å². The number of nitriles is 5. The Hall–Kier alpha value is -5.07. The van der Waals surface area contributed by atoms with Crippen LogP contribution in [0.25, 0.3) is 11.1 Å². The molecule has 0 atom stereocenters. The van der Waals surface area contributed by atoms with Gasteiger partial charge in [-0.3, -0.25) is 0 Å². The molecule has 0 aliphatic heterocycles. The smallest absolute Gasteiger partial charge is 0.205 e. The van der Waals surface area contributed by atoms with Crippen LogP contribution in [-0.4, -0.2) is 0 Å². The van der Waals surface area contributed by atoms with Gasteiger partial charge in [-0.25, -0.2) is 4.39 Å². The zero-order valence-corrected chi connectivity index (χ0v) is 17.2. The first-order valence-corrected chi connectivity index (χ1v) is 8.99. The second-order valence-electron chi connectivity index (χ2n) is 6.78. The van der Waals surface area contributed by atoms with Crippen LogP contribution in [0.5, 0.6) is 0 Å².